The number of carbonyl (C=O) groups excluding carboxylic acids is 2. The molecule has 0 aliphatic carbocycles. The fourth-order valence-corrected chi connectivity index (χ4v) is 3.61. The highest BCUT2D eigenvalue weighted by Crippen LogP contribution is 2.31. The van der Waals surface area contributed by atoms with E-state index in [0.29, 0.717) is 17.5 Å². The Bertz CT molecular complexity index is 1230. The zero-order valence-corrected chi connectivity index (χ0v) is 15.4. The van der Waals surface area contributed by atoms with Crippen molar-refractivity contribution in [2.24, 2.45) is 0 Å². The Morgan fingerprint density at radius 3 is 2.69 bits per heavy atom. The van der Waals surface area contributed by atoms with Crippen LogP contribution in [0, 0.1) is 0 Å². The largest absolute Gasteiger partial charge is 0.454 e. The summed E-state index contributed by atoms with van der Waals surface area (Å²) in [7, 11) is 0. The summed E-state index contributed by atoms with van der Waals surface area (Å²) in [5, 5.41) is 0. The second-order valence-corrected chi connectivity index (χ2v) is 6.92. The first-order chi connectivity index (χ1) is 14.2. The zero-order chi connectivity index (χ0) is 19.8. The fourth-order valence-electron chi connectivity index (χ4n) is 3.61. The molecule has 1 aromatic heterocycles. The Balaban J connectivity index is 1.42. The fraction of sp³-hybridized carbons (Fsp3) is 0.0870. The van der Waals surface area contributed by atoms with Crippen LogP contribution in [0.2, 0.25) is 0 Å². The van der Waals surface area contributed by atoms with Crippen molar-refractivity contribution in [1.29, 1.82) is 0 Å². The zero-order valence-electron chi connectivity index (χ0n) is 15.4. The maximum atomic E-state index is 12.8. The molecule has 0 radical (unpaired) electrons. The van der Waals surface area contributed by atoms with Crippen LogP contribution in [0.5, 0.6) is 0 Å². The van der Waals surface area contributed by atoms with E-state index in [4.69, 9.17) is 4.74 Å². The SMILES string of the molecule is O=C(Nn1cnc2ccccc21)c1ccc2c(c1)C[C@H](c1ccccc1)OC2=O. The van der Waals surface area contributed by atoms with Crippen molar-refractivity contribution in [3.8, 4) is 0 Å². The van der Waals surface area contributed by atoms with Crippen LogP contribution in [0.15, 0.2) is 79.1 Å². The Hall–Kier alpha value is -3.93. The van der Waals surface area contributed by atoms with E-state index in [1.54, 1.807) is 29.2 Å². The molecule has 1 amide bonds. The number of nitrogens with one attached hydrogen (secondary N) is 1. The molecule has 0 unspecified atom stereocenters. The minimum absolute atomic E-state index is 0.272. The molecule has 0 spiro atoms. The number of carbonyl (C=O) groups is 2. The van der Waals surface area contributed by atoms with Crippen molar-refractivity contribution in [3.05, 3.63) is 101 Å². The molecule has 0 bridgehead atoms. The number of aromatic nitrogens is 2. The van der Waals surface area contributed by atoms with Gasteiger partial charge in [0.25, 0.3) is 5.91 Å². The molecule has 29 heavy (non-hydrogen) atoms. The minimum Gasteiger partial charge on any atom is -0.454 e. The lowest BCUT2D eigenvalue weighted by Gasteiger charge is -2.25. The molecule has 0 saturated carbocycles. The van der Waals surface area contributed by atoms with Gasteiger partial charge < -0.3 is 4.74 Å². The number of hydrogen-bond donors (Lipinski definition) is 1. The molecular weight excluding hydrogens is 366 g/mol. The van der Waals surface area contributed by atoms with Gasteiger partial charge in [0.2, 0.25) is 0 Å². The molecule has 2 heterocycles. The van der Waals surface area contributed by atoms with E-state index in [-0.39, 0.29) is 18.0 Å². The minimum atomic E-state index is -0.368. The van der Waals surface area contributed by atoms with Crippen molar-refractivity contribution >= 4 is 22.9 Å². The number of benzene rings is 3. The van der Waals surface area contributed by atoms with Crippen molar-refractivity contribution in [1.82, 2.24) is 9.66 Å². The molecule has 1 aliphatic heterocycles. The van der Waals surface area contributed by atoms with Gasteiger partial charge in [-0.2, -0.15) is 0 Å². The average Bonchev–Trinajstić information content (AvgIpc) is 3.17. The summed E-state index contributed by atoms with van der Waals surface area (Å²) < 4.78 is 7.18. The van der Waals surface area contributed by atoms with Gasteiger partial charge in [0.15, 0.2) is 0 Å². The predicted molar refractivity (Wildman–Crippen MR) is 108 cm³/mol. The van der Waals surface area contributed by atoms with Crippen LogP contribution in [0.3, 0.4) is 0 Å². The third kappa shape index (κ3) is 3.14. The van der Waals surface area contributed by atoms with Crippen LogP contribution in [-0.4, -0.2) is 21.5 Å². The summed E-state index contributed by atoms with van der Waals surface area (Å²) in [5.74, 6) is -0.640. The number of ether oxygens (including phenoxy) is 1. The highest BCUT2D eigenvalue weighted by molar-refractivity contribution is 6.02. The number of fused-ring (bicyclic) bond motifs is 2. The number of hydrogen-bond acceptors (Lipinski definition) is 4. The van der Waals surface area contributed by atoms with Crippen LogP contribution < -0.4 is 5.43 Å². The molecule has 142 valence electrons. The monoisotopic (exact) mass is 383 g/mol. The van der Waals surface area contributed by atoms with Gasteiger partial charge in [-0.25, -0.2) is 14.5 Å². The highest BCUT2D eigenvalue weighted by Gasteiger charge is 2.28. The molecule has 3 aromatic carbocycles. The van der Waals surface area contributed by atoms with Crippen molar-refractivity contribution in [3.63, 3.8) is 0 Å². The van der Waals surface area contributed by atoms with Crippen molar-refractivity contribution in [2.45, 2.75) is 12.5 Å². The third-order valence-corrected chi connectivity index (χ3v) is 5.09. The predicted octanol–water partition coefficient (Wildman–Crippen LogP) is 3.87. The second-order valence-electron chi connectivity index (χ2n) is 6.92. The summed E-state index contributed by atoms with van der Waals surface area (Å²) in [5.41, 5.74) is 7.17. The summed E-state index contributed by atoms with van der Waals surface area (Å²) in [6, 6.07) is 22.2. The maximum absolute atomic E-state index is 12.8. The van der Waals surface area contributed by atoms with E-state index < -0.39 is 0 Å². The third-order valence-electron chi connectivity index (χ3n) is 5.09. The van der Waals surface area contributed by atoms with E-state index in [9.17, 15) is 9.59 Å². The second kappa shape index (κ2) is 6.91. The van der Waals surface area contributed by atoms with Gasteiger partial charge in [0.05, 0.1) is 16.6 Å². The molecule has 0 fully saturated rings. The van der Waals surface area contributed by atoms with E-state index in [2.05, 4.69) is 10.4 Å². The van der Waals surface area contributed by atoms with E-state index >= 15 is 0 Å². The van der Waals surface area contributed by atoms with Gasteiger partial charge in [-0.1, -0.05) is 42.5 Å². The standard InChI is InChI=1S/C23H17N3O3/c27-22(25-26-14-24-19-8-4-5-9-20(19)26)16-10-11-18-17(12-16)13-21(29-23(18)28)15-6-2-1-3-7-15/h1-12,14,21H,13H2,(H,25,27)/t21-/m1/s1. The van der Waals surface area contributed by atoms with E-state index in [1.165, 1.54) is 0 Å². The van der Waals surface area contributed by atoms with Gasteiger partial charge in [0.1, 0.15) is 12.4 Å². The molecule has 6 nitrogen and oxygen atoms in total. The molecule has 1 aliphatic rings. The topological polar surface area (TPSA) is 73.2 Å². The number of cyclic esters (lactones) is 1. The number of rotatable bonds is 3. The molecule has 1 N–H and O–H groups in total. The average molecular weight is 383 g/mol. The summed E-state index contributed by atoms with van der Waals surface area (Å²) >= 11 is 0. The Morgan fingerprint density at radius 2 is 1.83 bits per heavy atom. The molecular formula is C23H17N3O3. The Morgan fingerprint density at radius 1 is 1.03 bits per heavy atom. The Labute approximate surface area is 166 Å². The first kappa shape index (κ1) is 17.2. The quantitative estimate of drug-likeness (QED) is 0.545. The molecule has 6 heteroatoms. The smallest absolute Gasteiger partial charge is 0.339 e. The molecule has 4 aromatic rings. The summed E-state index contributed by atoms with van der Waals surface area (Å²) in [4.78, 5) is 29.5. The number of imidazole rings is 1. The van der Waals surface area contributed by atoms with Gasteiger partial charge in [-0.3, -0.25) is 10.2 Å². The van der Waals surface area contributed by atoms with Gasteiger partial charge >= 0.3 is 5.97 Å². The lowest BCUT2D eigenvalue weighted by atomic mass is 9.93. The number of amides is 1. The summed E-state index contributed by atoms with van der Waals surface area (Å²) in [6.45, 7) is 0. The van der Waals surface area contributed by atoms with Gasteiger partial charge in [-0.15, -0.1) is 0 Å². The number of para-hydroxylation sites is 2. The number of esters is 1. The number of nitrogens with zero attached hydrogens (tertiary/aromatic N) is 2. The normalized spacial score (nSPS) is 15.6. The van der Waals surface area contributed by atoms with Crippen molar-refractivity contribution in [2.75, 3.05) is 5.43 Å². The van der Waals surface area contributed by atoms with Crippen molar-refractivity contribution < 1.29 is 14.3 Å². The summed E-state index contributed by atoms with van der Waals surface area (Å²) in [6.07, 6.45) is 1.75. The maximum Gasteiger partial charge on any atom is 0.339 e. The van der Waals surface area contributed by atoms with Crippen LogP contribution in [0.25, 0.3) is 11.0 Å². The molecule has 5 rings (SSSR count). The Kier molecular flexibility index (Phi) is 4.09. The van der Waals surface area contributed by atoms with Crippen LogP contribution in [0.1, 0.15) is 37.9 Å². The highest BCUT2D eigenvalue weighted by atomic mass is 16.5. The van der Waals surface area contributed by atoms with Crippen LogP contribution in [-0.2, 0) is 11.2 Å². The molecule has 1 atom stereocenters. The van der Waals surface area contributed by atoms with Crippen LogP contribution in [0.4, 0.5) is 0 Å². The van der Waals surface area contributed by atoms with E-state index in [1.807, 2.05) is 54.6 Å². The lowest BCUT2D eigenvalue weighted by molar-refractivity contribution is 0.0252. The first-order valence-electron chi connectivity index (χ1n) is 9.31. The molecule has 0 saturated heterocycles. The van der Waals surface area contributed by atoms with Gasteiger partial charge in [0, 0.05) is 12.0 Å². The van der Waals surface area contributed by atoms with Crippen LogP contribution >= 0.6 is 0 Å². The first-order valence-corrected chi connectivity index (χ1v) is 9.31. The lowest BCUT2D eigenvalue weighted by Crippen LogP contribution is -2.25. The van der Waals surface area contributed by atoms with E-state index in [0.717, 1.165) is 22.2 Å². The van der Waals surface area contributed by atoms with Gasteiger partial charge in [-0.05, 0) is 41.5 Å².